The largest absolute Gasteiger partial charge is 0.478 e. The van der Waals surface area contributed by atoms with Crippen LogP contribution < -0.4 is 0 Å². The molecule has 0 aromatic rings. The molecule has 0 aromatic heterocycles. The zero-order valence-corrected chi connectivity index (χ0v) is 4.79. The molecule has 0 fully saturated rings. The Hall–Kier alpha value is -1.00. The summed E-state index contributed by atoms with van der Waals surface area (Å²) in [6, 6.07) is 0. The average Bonchev–Trinajstić information content (AvgIpc) is 1.36. The van der Waals surface area contributed by atoms with Gasteiger partial charge in [-0.2, -0.15) is 0 Å². The summed E-state index contributed by atoms with van der Waals surface area (Å²) in [5.41, 5.74) is 0.176. The summed E-state index contributed by atoms with van der Waals surface area (Å²) in [5.74, 6) is -0.935. The summed E-state index contributed by atoms with van der Waals surface area (Å²) in [6.07, 6.45) is 0. The fourth-order valence-corrected chi connectivity index (χ4v) is 0. The Morgan fingerprint density at radius 3 is 1.44 bits per heavy atom. The number of hydrogen-bond donors (Lipinski definition) is 1. The quantitative estimate of drug-likeness (QED) is 0.562. The van der Waals surface area contributed by atoms with Crippen LogP contribution in [0.15, 0.2) is 12.2 Å². The highest BCUT2D eigenvalue weighted by molar-refractivity contribution is 5.84. The number of halogens is 3. The Balaban J connectivity index is -0.0000000417. The lowest BCUT2D eigenvalue weighted by atomic mass is 10.4. The van der Waals surface area contributed by atoms with Gasteiger partial charge in [0.1, 0.15) is 0 Å². The standard InChI is InChI=1S/C4H6O2.3FH/c1-3(2)4(5)6;;;/h1H2,2H3,(H,5,6);3*1H. The van der Waals surface area contributed by atoms with Crippen LogP contribution in [0.2, 0.25) is 0 Å². The van der Waals surface area contributed by atoms with E-state index in [9.17, 15) is 4.79 Å². The van der Waals surface area contributed by atoms with Crippen LogP contribution in [-0.2, 0) is 4.79 Å². The molecule has 0 aliphatic carbocycles. The second-order valence-corrected chi connectivity index (χ2v) is 1.09. The van der Waals surface area contributed by atoms with E-state index in [2.05, 4.69) is 6.58 Å². The minimum atomic E-state index is -0.935. The third-order valence-electron chi connectivity index (χ3n) is 0.365. The molecule has 0 radical (unpaired) electrons. The lowest BCUT2D eigenvalue weighted by Crippen LogP contribution is -1.92. The first kappa shape index (κ1) is 24.5. The Kier molecular flexibility index (Phi) is 27.4. The highest BCUT2D eigenvalue weighted by atomic mass is 19.0. The van der Waals surface area contributed by atoms with Crippen molar-refractivity contribution >= 4 is 5.97 Å². The number of carboxylic acids is 1. The van der Waals surface area contributed by atoms with Gasteiger partial charge in [0.2, 0.25) is 0 Å². The van der Waals surface area contributed by atoms with Gasteiger partial charge in [-0.15, -0.1) is 0 Å². The maximum atomic E-state index is 9.60. The average molecular weight is 146 g/mol. The molecule has 58 valence electrons. The van der Waals surface area contributed by atoms with Gasteiger partial charge in [-0.3, -0.25) is 14.1 Å². The highest BCUT2D eigenvalue weighted by Crippen LogP contribution is 1.81. The van der Waals surface area contributed by atoms with Crippen LogP contribution in [0.3, 0.4) is 0 Å². The van der Waals surface area contributed by atoms with Gasteiger partial charge in [0, 0.05) is 5.57 Å². The molecule has 2 nitrogen and oxygen atoms in total. The maximum absolute atomic E-state index is 9.60. The van der Waals surface area contributed by atoms with Crippen molar-refractivity contribution in [1.29, 1.82) is 0 Å². The van der Waals surface area contributed by atoms with Crippen molar-refractivity contribution in [2.24, 2.45) is 0 Å². The van der Waals surface area contributed by atoms with Gasteiger partial charge < -0.3 is 5.11 Å². The van der Waals surface area contributed by atoms with Gasteiger partial charge in [0.05, 0.1) is 0 Å². The van der Waals surface area contributed by atoms with Crippen molar-refractivity contribution in [3.8, 4) is 0 Å². The molecule has 0 bridgehead atoms. The number of hydrogen-bond acceptors (Lipinski definition) is 1. The first-order valence-corrected chi connectivity index (χ1v) is 1.53. The number of carbonyl (C=O) groups is 1. The highest BCUT2D eigenvalue weighted by Gasteiger charge is 1.90. The van der Waals surface area contributed by atoms with Gasteiger partial charge in [0.15, 0.2) is 0 Å². The predicted molar refractivity (Wildman–Crippen MR) is 30.0 cm³/mol. The molecular weight excluding hydrogens is 137 g/mol. The van der Waals surface area contributed by atoms with Crippen LogP contribution in [0.5, 0.6) is 0 Å². The van der Waals surface area contributed by atoms with E-state index in [0.717, 1.165) is 0 Å². The van der Waals surface area contributed by atoms with Crippen LogP contribution >= 0.6 is 0 Å². The third-order valence-corrected chi connectivity index (χ3v) is 0.365. The summed E-state index contributed by atoms with van der Waals surface area (Å²) in [5, 5.41) is 7.89. The fraction of sp³-hybridized carbons (Fsp3) is 0.250. The van der Waals surface area contributed by atoms with Gasteiger partial charge >= 0.3 is 5.97 Å². The van der Waals surface area contributed by atoms with Gasteiger partial charge in [0.25, 0.3) is 0 Å². The Morgan fingerprint density at radius 1 is 1.33 bits per heavy atom. The second kappa shape index (κ2) is 10.1. The smallest absolute Gasteiger partial charge is 0.330 e. The normalized spacial score (nSPS) is 5.00. The van der Waals surface area contributed by atoms with Gasteiger partial charge in [-0.25, -0.2) is 4.79 Å². The van der Waals surface area contributed by atoms with Gasteiger partial charge in [-0.05, 0) is 6.92 Å². The Labute approximate surface area is 50.3 Å². The number of rotatable bonds is 1. The van der Waals surface area contributed by atoms with Crippen molar-refractivity contribution in [3.63, 3.8) is 0 Å². The summed E-state index contributed by atoms with van der Waals surface area (Å²) in [4.78, 5) is 9.60. The topological polar surface area (TPSA) is 37.3 Å². The molecule has 0 amide bonds. The third kappa shape index (κ3) is 19.4. The Bertz CT molecular complexity index is 79.8. The molecular formula is C4H9F3O2. The molecule has 0 rings (SSSR count). The Morgan fingerprint density at radius 2 is 1.44 bits per heavy atom. The van der Waals surface area contributed by atoms with E-state index in [-0.39, 0.29) is 19.7 Å². The van der Waals surface area contributed by atoms with E-state index < -0.39 is 5.97 Å². The lowest BCUT2D eigenvalue weighted by Gasteiger charge is -1.79. The lowest BCUT2D eigenvalue weighted by molar-refractivity contribution is -0.132. The van der Waals surface area contributed by atoms with Crippen molar-refractivity contribution in [2.45, 2.75) is 6.92 Å². The zero-order chi connectivity index (χ0) is 5.15. The van der Waals surface area contributed by atoms with Crippen LogP contribution in [0.1, 0.15) is 6.92 Å². The van der Waals surface area contributed by atoms with Crippen LogP contribution in [0, 0.1) is 0 Å². The van der Waals surface area contributed by atoms with E-state index in [0.29, 0.717) is 0 Å². The molecule has 0 spiro atoms. The minimum absolute atomic E-state index is 0. The van der Waals surface area contributed by atoms with E-state index in [1.165, 1.54) is 6.92 Å². The van der Waals surface area contributed by atoms with Crippen molar-refractivity contribution in [3.05, 3.63) is 12.2 Å². The summed E-state index contributed by atoms with van der Waals surface area (Å²) in [6.45, 7) is 4.60. The van der Waals surface area contributed by atoms with Gasteiger partial charge in [-0.1, -0.05) is 6.58 Å². The van der Waals surface area contributed by atoms with E-state index in [1.807, 2.05) is 0 Å². The molecule has 0 unspecified atom stereocenters. The minimum Gasteiger partial charge on any atom is -0.478 e. The molecule has 0 saturated carbocycles. The summed E-state index contributed by atoms with van der Waals surface area (Å²) in [7, 11) is 0. The fourth-order valence-electron chi connectivity index (χ4n) is 0. The second-order valence-electron chi connectivity index (χ2n) is 1.09. The molecule has 0 aliphatic heterocycles. The van der Waals surface area contributed by atoms with Crippen molar-refractivity contribution < 1.29 is 24.0 Å². The van der Waals surface area contributed by atoms with Crippen molar-refractivity contribution in [1.82, 2.24) is 0 Å². The first-order chi connectivity index (χ1) is 2.64. The van der Waals surface area contributed by atoms with Crippen LogP contribution in [0.4, 0.5) is 14.1 Å². The molecule has 5 heteroatoms. The molecule has 1 N–H and O–H groups in total. The first-order valence-electron chi connectivity index (χ1n) is 1.53. The number of aliphatic carboxylic acids is 1. The SMILES string of the molecule is C=C(C)C(=O)O.F.F.F. The maximum Gasteiger partial charge on any atom is 0.330 e. The molecule has 0 aliphatic rings. The molecule has 0 aromatic carbocycles. The zero-order valence-electron chi connectivity index (χ0n) is 4.79. The molecule has 9 heavy (non-hydrogen) atoms. The number of carboxylic acid groups (broad SMARTS) is 1. The van der Waals surface area contributed by atoms with E-state index in [4.69, 9.17) is 5.11 Å². The molecule has 0 saturated heterocycles. The van der Waals surface area contributed by atoms with E-state index >= 15 is 0 Å². The van der Waals surface area contributed by atoms with Crippen LogP contribution in [-0.4, -0.2) is 11.1 Å². The predicted octanol–water partition coefficient (Wildman–Crippen LogP) is 1.10. The summed E-state index contributed by atoms with van der Waals surface area (Å²) >= 11 is 0. The monoisotopic (exact) mass is 146 g/mol. The summed E-state index contributed by atoms with van der Waals surface area (Å²) < 4.78 is 0. The molecule has 0 atom stereocenters. The molecule has 0 heterocycles. The van der Waals surface area contributed by atoms with E-state index in [1.54, 1.807) is 0 Å². The van der Waals surface area contributed by atoms with Crippen molar-refractivity contribution in [2.75, 3.05) is 0 Å². The van der Waals surface area contributed by atoms with Crippen LogP contribution in [0.25, 0.3) is 0 Å².